The number of benzene rings is 3. The van der Waals surface area contributed by atoms with E-state index in [0.717, 1.165) is 52.4 Å². The Balaban J connectivity index is 1.22. The molecule has 15 heteroatoms. The minimum absolute atomic E-state index is 0.0121. The largest absolute Gasteiger partial charge is 0.363 e. The summed E-state index contributed by atoms with van der Waals surface area (Å²) in [6.45, 7) is 9.08. The molecule has 1 unspecified atom stereocenters. The van der Waals surface area contributed by atoms with Crippen molar-refractivity contribution in [2.45, 2.75) is 82.1 Å². The number of aryl methyl sites for hydroxylation is 1. The highest BCUT2D eigenvalue weighted by Crippen LogP contribution is 2.52. The molecule has 1 N–H and O–H groups in total. The van der Waals surface area contributed by atoms with Gasteiger partial charge in [-0.05, 0) is 97.6 Å². The molecule has 1 fully saturated rings. The number of likely N-dealkylation sites (N-methyl/N-ethyl adjacent to an activating group) is 1. The number of aromatic nitrogens is 1. The van der Waals surface area contributed by atoms with Crippen LogP contribution in [0.4, 0.5) is 11.5 Å². The monoisotopic (exact) mass is 860 g/mol. The smallest absolute Gasteiger partial charge is 0.347 e. The first-order valence-corrected chi connectivity index (χ1v) is 21.8. The Hall–Kier alpha value is -6.29. The lowest BCUT2D eigenvalue weighted by atomic mass is 9.74. The number of aliphatic imine (C=N–C) groups is 1. The maximum Gasteiger partial charge on any atom is 0.363 e. The molecule has 3 aliphatic heterocycles. The summed E-state index contributed by atoms with van der Waals surface area (Å²) in [7, 11) is 0.448. The summed E-state index contributed by atoms with van der Waals surface area (Å²) in [5.74, 6) is -1.40. The topological polar surface area (TPSA) is 167 Å². The number of unbranched alkanes of at least 4 members (excludes halogenated alkanes) is 1. The van der Waals surface area contributed by atoms with Crippen molar-refractivity contribution in [3.8, 4) is 0 Å². The Morgan fingerprint density at radius 2 is 1.68 bits per heavy atom. The van der Waals surface area contributed by atoms with Crippen molar-refractivity contribution in [1.82, 2.24) is 10.1 Å². The molecule has 7 rings (SSSR count). The molecule has 3 aliphatic rings. The zero-order valence-electron chi connectivity index (χ0n) is 35.8. The third-order valence-corrected chi connectivity index (χ3v) is 12.9. The fourth-order valence-electron chi connectivity index (χ4n) is 8.57. The molecule has 3 amide bonds. The van der Waals surface area contributed by atoms with Crippen molar-refractivity contribution in [2.75, 3.05) is 26.1 Å². The van der Waals surface area contributed by atoms with E-state index in [9.17, 15) is 32.1 Å². The first kappa shape index (κ1) is 43.8. The lowest BCUT2D eigenvalue weighted by Gasteiger charge is -2.29. The van der Waals surface area contributed by atoms with Gasteiger partial charge in [0.25, 0.3) is 27.8 Å². The van der Waals surface area contributed by atoms with Crippen molar-refractivity contribution >= 4 is 61.8 Å². The standard InChI is InChI=1S/C47H49N5O9S/c1-8-9-26-51-29-32(44(55)50(6)60-7)27-35-43(51)48-38(46(35,2)3)16-11-10-12-17-39-47(4,28-30-18-20-31(21-19-30)45(56)61-52-40(53)24-25-41(52)54)42-34-14-13-15-37(62(57,58)59)33(34)22-23-36(42)49(39)5/h10-23,27,29H,8-9,24-26,28H2,1-7H3/p+1. The van der Waals surface area contributed by atoms with Gasteiger partial charge in [-0.15, -0.1) is 5.06 Å². The van der Waals surface area contributed by atoms with E-state index in [0.29, 0.717) is 34.4 Å². The third-order valence-electron chi connectivity index (χ3n) is 12.0. The highest BCUT2D eigenvalue weighted by molar-refractivity contribution is 7.86. The Kier molecular flexibility index (Phi) is 11.9. The van der Waals surface area contributed by atoms with Crippen LogP contribution in [0, 0.1) is 0 Å². The average Bonchev–Trinajstić information content (AvgIpc) is 3.78. The van der Waals surface area contributed by atoms with Crippen molar-refractivity contribution in [3.63, 3.8) is 0 Å². The molecule has 0 bridgehead atoms. The molecule has 0 saturated carbocycles. The number of carbonyl (C=O) groups excluding carboxylic acids is 4. The molecule has 322 valence electrons. The van der Waals surface area contributed by atoms with Crippen LogP contribution in [0.5, 0.6) is 0 Å². The molecule has 0 aliphatic carbocycles. The van der Waals surface area contributed by atoms with Gasteiger partial charge >= 0.3 is 11.8 Å². The molecule has 4 aromatic rings. The van der Waals surface area contributed by atoms with Gasteiger partial charge in [-0.3, -0.25) is 23.8 Å². The summed E-state index contributed by atoms with van der Waals surface area (Å²) in [5, 5.41) is 2.77. The average molecular weight is 861 g/mol. The van der Waals surface area contributed by atoms with Crippen LogP contribution in [0.3, 0.4) is 0 Å². The highest BCUT2D eigenvalue weighted by Gasteiger charge is 2.45. The van der Waals surface area contributed by atoms with Gasteiger partial charge < -0.3 is 9.74 Å². The summed E-state index contributed by atoms with van der Waals surface area (Å²) >= 11 is 0. The van der Waals surface area contributed by atoms with Crippen molar-refractivity contribution in [2.24, 2.45) is 4.99 Å². The second kappa shape index (κ2) is 16.9. The lowest BCUT2D eigenvalue weighted by Crippen LogP contribution is -2.38. The number of fused-ring (bicyclic) bond motifs is 4. The number of nitrogens with zero attached hydrogens (tertiary/aromatic N) is 5. The van der Waals surface area contributed by atoms with E-state index in [1.54, 1.807) is 43.4 Å². The zero-order chi connectivity index (χ0) is 44.7. The molecule has 62 heavy (non-hydrogen) atoms. The van der Waals surface area contributed by atoms with Crippen LogP contribution in [0.1, 0.15) is 90.8 Å². The maximum atomic E-state index is 13.2. The minimum atomic E-state index is -4.54. The van der Waals surface area contributed by atoms with Crippen LogP contribution in [-0.4, -0.2) is 73.7 Å². The Morgan fingerprint density at radius 1 is 0.968 bits per heavy atom. The molecule has 3 aromatic carbocycles. The van der Waals surface area contributed by atoms with Crippen LogP contribution >= 0.6 is 0 Å². The number of allylic oxidation sites excluding steroid dienone is 6. The molecule has 1 saturated heterocycles. The van der Waals surface area contributed by atoms with Crippen LogP contribution in [0.15, 0.2) is 113 Å². The van der Waals surface area contributed by atoms with Crippen molar-refractivity contribution in [1.29, 1.82) is 0 Å². The summed E-state index contributed by atoms with van der Waals surface area (Å²) in [5.41, 5.74) is 4.65. The van der Waals surface area contributed by atoms with E-state index in [-0.39, 0.29) is 29.2 Å². The van der Waals surface area contributed by atoms with Crippen LogP contribution < -0.4 is 9.47 Å². The maximum absolute atomic E-state index is 13.2. The molecule has 1 aromatic heterocycles. The predicted octanol–water partition coefficient (Wildman–Crippen LogP) is 7.04. The number of amides is 3. The van der Waals surface area contributed by atoms with E-state index < -0.39 is 38.7 Å². The number of imide groups is 1. The van der Waals surface area contributed by atoms with E-state index in [1.165, 1.54) is 18.2 Å². The summed E-state index contributed by atoms with van der Waals surface area (Å²) in [6, 6.07) is 17.0. The SMILES string of the molecule is CCCC[n+]1cc(C(=O)N(C)OC)cc2c1N=C(/C=C/C=C/C=C1/N(C)c3ccc4c(S(=O)(=O)O)cccc4c3C1(C)Cc1ccc(C(=O)ON3C(=O)CCC3=O)cc1)C2(C)C. The van der Waals surface area contributed by atoms with Gasteiger partial charge in [0, 0.05) is 49.1 Å². The fraction of sp³-hybridized carbons (Fsp3) is 0.319. The number of hydroxylamine groups is 4. The summed E-state index contributed by atoms with van der Waals surface area (Å²) in [6.07, 6.45) is 13.9. The van der Waals surface area contributed by atoms with Gasteiger partial charge in [-0.2, -0.15) is 8.42 Å². The quantitative estimate of drug-likeness (QED) is 0.0485. The Labute approximate surface area is 361 Å². The van der Waals surface area contributed by atoms with Gasteiger partial charge in [0.1, 0.15) is 11.1 Å². The number of hydrogen-bond donors (Lipinski definition) is 1. The van der Waals surface area contributed by atoms with E-state index in [1.807, 2.05) is 66.4 Å². The molecule has 4 heterocycles. The highest BCUT2D eigenvalue weighted by atomic mass is 32.2. The van der Waals surface area contributed by atoms with Gasteiger partial charge in [-0.1, -0.05) is 61.9 Å². The Morgan fingerprint density at radius 3 is 2.34 bits per heavy atom. The van der Waals surface area contributed by atoms with E-state index in [4.69, 9.17) is 14.7 Å². The lowest BCUT2D eigenvalue weighted by molar-refractivity contribution is -0.684. The van der Waals surface area contributed by atoms with Gasteiger partial charge in [0.05, 0.1) is 35.8 Å². The van der Waals surface area contributed by atoms with Gasteiger partial charge in [-0.25, -0.2) is 14.4 Å². The van der Waals surface area contributed by atoms with E-state index >= 15 is 0 Å². The predicted molar refractivity (Wildman–Crippen MR) is 233 cm³/mol. The number of rotatable bonds is 13. The van der Waals surface area contributed by atoms with Crippen LogP contribution in [0.25, 0.3) is 10.8 Å². The first-order chi connectivity index (χ1) is 29.4. The minimum Gasteiger partial charge on any atom is -0.347 e. The van der Waals surface area contributed by atoms with Gasteiger partial charge in [0.2, 0.25) is 0 Å². The first-order valence-electron chi connectivity index (χ1n) is 20.4. The van der Waals surface area contributed by atoms with Crippen LogP contribution in [-0.2, 0) is 53.2 Å². The third kappa shape index (κ3) is 7.98. The second-order valence-electron chi connectivity index (χ2n) is 16.4. The van der Waals surface area contributed by atoms with Crippen molar-refractivity contribution < 1.29 is 46.4 Å². The molecule has 0 radical (unpaired) electrons. The van der Waals surface area contributed by atoms with Crippen LogP contribution in [0.2, 0.25) is 0 Å². The van der Waals surface area contributed by atoms with E-state index in [2.05, 4.69) is 32.6 Å². The molecule has 1 atom stereocenters. The molecular weight excluding hydrogens is 811 g/mol. The molecular formula is C47H50N5O9S+. The summed E-state index contributed by atoms with van der Waals surface area (Å²) < 4.78 is 37.2. The van der Waals surface area contributed by atoms with Gasteiger partial charge in [0.15, 0.2) is 5.71 Å². The molecule has 14 nitrogen and oxygen atoms in total. The second-order valence-corrected chi connectivity index (χ2v) is 17.8. The Bertz CT molecular complexity index is 2740. The fourth-order valence-corrected chi connectivity index (χ4v) is 9.27. The zero-order valence-corrected chi connectivity index (χ0v) is 36.7. The number of carbonyl (C=O) groups is 4. The summed E-state index contributed by atoms with van der Waals surface area (Å²) in [4.78, 5) is 67.4. The number of pyridine rings is 1. The number of hydrogen-bond acceptors (Lipinski definition) is 10. The normalized spacial score (nSPS) is 19.0. The molecule has 0 spiro atoms. The number of anilines is 1. The van der Waals surface area contributed by atoms with Crippen molar-refractivity contribution in [3.05, 3.63) is 131 Å².